The topological polar surface area (TPSA) is 49.6 Å². The maximum atomic E-state index is 9.32. The van der Waals surface area contributed by atoms with E-state index in [1.165, 1.54) is 11.5 Å². The van der Waals surface area contributed by atoms with Crippen molar-refractivity contribution in [1.29, 1.82) is 5.26 Å². The van der Waals surface area contributed by atoms with Gasteiger partial charge in [-0.15, -0.1) is 0 Å². The summed E-state index contributed by atoms with van der Waals surface area (Å²) >= 11 is 5.04. The number of hydrogen-bond donors (Lipinski definition) is 0. The van der Waals surface area contributed by atoms with Gasteiger partial charge in [-0.05, 0) is 54.7 Å². The molecule has 122 valence electrons. The second-order valence-electron chi connectivity index (χ2n) is 6.51. The summed E-state index contributed by atoms with van der Waals surface area (Å²) in [4.78, 5) is 5.63. The standard InChI is InChI=1S/C20H14BrN3S/c1-20(2,11-22)13-5-3-12(4-6-13)19-18-15-9-14(21)7-8-16(15)23-10-17(18)24-25-19/h3-10H,1-2H3. The van der Waals surface area contributed by atoms with Crippen LogP contribution in [-0.2, 0) is 5.41 Å². The van der Waals surface area contributed by atoms with Crippen molar-refractivity contribution < 1.29 is 0 Å². The number of aromatic nitrogens is 2. The number of halogens is 1. The number of nitriles is 1. The highest BCUT2D eigenvalue weighted by Gasteiger charge is 2.20. The fourth-order valence-corrected chi connectivity index (χ4v) is 4.14. The van der Waals surface area contributed by atoms with Crippen molar-refractivity contribution in [3.8, 4) is 16.5 Å². The third-order valence-corrected chi connectivity index (χ3v) is 5.82. The molecule has 2 heterocycles. The van der Waals surface area contributed by atoms with E-state index in [9.17, 15) is 5.26 Å². The molecule has 0 bridgehead atoms. The summed E-state index contributed by atoms with van der Waals surface area (Å²) in [6.45, 7) is 3.86. The van der Waals surface area contributed by atoms with Gasteiger partial charge in [0.05, 0.1) is 28.1 Å². The summed E-state index contributed by atoms with van der Waals surface area (Å²) in [6.07, 6.45) is 1.83. The van der Waals surface area contributed by atoms with E-state index in [4.69, 9.17) is 0 Å². The fraction of sp³-hybridized carbons (Fsp3) is 0.150. The molecule has 0 unspecified atom stereocenters. The van der Waals surface area contributed by atoms with E-state index in [1.54, 1.807) is 0 Å². The van der Waals surface area contributed by atoms with Gasteiger partial charge >= 0.3 is 0 Å². The number of hydrogen-bond acceptors (Lipinski definition) is 4. The third-order valence-electron chi connectivity index (χ3n) is 4.42. The van der Waals surface area contributed by atoms with Gasteiger partial charge in [-0.2, -0.15) is 9.64 Å². The quantitative estimate of drug-likeness (QED) is 0.404. The summed E-state index contributed by atoms with van der Waals surface area (Å²) in [5.74, 6) is 0. The molecule has 4 rings (SSSR count). The predicted octanol–water partition coefficient (Wildman–Crippen LogP) is 6.08. The minimum atomic E-state index is -0.490. The molecule has 0 aliphatic heterocycles. The first-order valence-corrected chi connectivity index (χ1v) is 9.42. The first-order chi connectivity index (χ1) is 12.0. The molecule has 0 aliphatic carbocycles. The van der Waals surface area contributed by atoms with E-state index in [1.807, 2.05) is 44.3 Å². The van der Waals surface area contributed by atoms with Gasteiger partial charge in [-0.1, -0.05) is 40.2 Å². The van der Waals surface area contributed by atoms with Crippen LogP contribution in [0.15, 0.2) is 53.1 Å². The molecule has 0 radical (unpaired) electrons. The Balaban J connectivity index is 1.93. The van der Waals surface area contributed by atoms with Crippen LogP contribution in [0.25, 0.3) is 32.2 Å². The highest BCUT2D eigenvalue weighted by molar-refractivity contribution is 9.10. The van der Waals surface area contributed by atoms with Crippen molar-refractivity contribution in [3.63, 3.8) is 0 Å². The van der Waals surface area contributed by atoms with Gasteiger partial charge in [-0.3, -0.25) is 4.98 Å². The van der Waals surface area contributed by atoms with Gasteiger partial charge in [0.15, 0.2) is 0 Å². The zero-order chi connectivity index (χ0) is 17.6. The predicted molar refractivity (Wildman–Crippen MR) is 107 cm³/mol. The van der Waals surface area contributed by atoms with Gasteiger partial charge in [-0.25, -0.2) is 0 Å². The van der Waals surface area contributed by atoms with E-state index >= 15 is 0 Å². The molecule has 0 saturated carbocycles. The van der Waals surface area contributed by atoms with Crippen LogP contribution in [0.5, 0.6) is 0 Å². The Kier molecular flexibility index (Phi) is 3.82. The Hall–Kier alpha value is -2.29. The first kappa shape index (κ1) is 16.2. The lowest BCUT2D eigenvalue weighted by Crippen LogP contribution is -2.13. The maximum Gasteiger partial charge on any atom is 0.104 e. The first-order valence-electron chi connectivity index (χ1n) is 7.85. The van der Waals surface area contributed by atoms with Crippen LogP contribution in [0.2, 0.25) is 0 Å². The van der Waals surface area contributed by atoms with Crippen LogP contribution in [0.3, 0.4) is 0 Å². The van der Waals surface area contributed by atoms with Crippen molar-refractivity contribution in [3.05, 3.63) is 58.7 Å². The lowest BCUT2D eigenvalue weighted by Gasteiger charge is -2.15. The largest absolute Gasteiger partial charge is 0.254 e. The molecule has 0 spiro atoms. The lowest BCUT2D eigenvalue weighted by molar-refractivity contribution is 0.687. The van der Waals surface area contributed by atoms with Crippen LogP contribution in [0.1, 0.15) is 19.4 Å². The van der Waals surface area contributed by atoms with Gasteiger partial charge in [0, 0.05) is 15.2 Å². The summed E-state index contributed by atoms with van der Waals surface area (Å²) in [6, 6.07) is 16.7. The van der Waals surface area contributed by atoms with Crippen LogP contribution in [0.4, 0.5) is 0 Å². The van der Waals surface area contributed by atoms with Crippen LogP contribution in [-0.4, -0.2) is 9.36 Å². The van der Waals surface area contributed by atoms with Crippen molar-refractivity contribution in [2.75, 3.05) is 0 Å². The Morgan fingerprint density at radius 2 is 1.84 bits per heavy atom. The average Bonchev–Trinajstić information content (AvgIpc) is 3.06. The van der Waals surface area contributed by atoms with Gasteiger partial charge in [0.1, 0.15) is 5.52 Å². The summed E-state index contributed by atoms with van der Waals surface area (Å²) in [5, 5.41) is 11.5. The van der Waals surface area contributed by atoms with E-state index < -0.39 is 5.41 Å². The SMILES string of the molecule is CC(C)(C#N)c1ccc(-c2snc3cnc4ccc(Br)cc4c23)cc1. The summed E-state index contributed by atoms with van der Waals surface area (Å²) < 4.78 is 5.60. The second-order valence-corrected chi connectivity index (χ2v) is 8.19. The molecule has 25 heavy (non-hydrogen) atoms. The number of rotatable bonds is 2. The Morgan fingerprint density at radius 3 is 2.56 bits per heavy atom. The average molecular weight is 408 g/mol. The highest BCUT2D eigenvalue weighted by Crippen LogP contribution is 2.38. The minimum Gasteiger partial charge on any atom is -0.254 e. The molecule has 2 aromatic heterocycles. The van der Waals surface area contributed by atoms with Crippen molar-refractivity contribution in [2.45, 2.75) is 19.3 Å². The van der Waals surface area contributed by atoms with Crippen LogP contribution >= 0.6 is 27.5 Å². The fourth-order valence-electron chi connectivity index (χ4n) is 2.90. The molecule has 3 nitrogen and oxygen atoms in total. The minimum absolute atomic E-state index is 0.490. The Bertz CT molecular complexity index is 1140. The van der Waals surface area contributed by atoms with Crippen molar-refractivity contribution in [2.24, 2.45) is 0 Å². The summed E-state index contributed by atoms with van der Waals surface area (Å²) in [7, 11) is 0. The molecule has 4 aromatic rings. The van der Waals surface area contributed by atoms with Crippen LogP contribution < -0.4 is 0 Å². The van der Waals surface area contributed by atoms with E-state index in [-0.39, 0.29) is 0 Å². The lowest BCUT2D eigenvalue weighted by atomic mass is 9.86. The number of benzene rings is 2. The summed E-state index contributed by atoms with van der Waals surface area (Å²) in [5.41, 5.74) is 3.50. The van der Waals surface area contributed by atoms with E-state index in [2.05, 4.69) is 49.6 Å². The maximum absolute atomic E-state index is 9.32. The van der Waals surface area contributed by atoms with E-state index in [0.717, 1.165) is 42.3 Å². The zero-order valence-corrected chi connectivity index (χ0v) is 16.1. The number of pyridine rings is 1. The second kappa shape index (κ2) is 5.91. The van der Waals surface area contributed by atoms with Crippen molar-refractivity contribution in [1.82, 2.24) is 9.36 Å². The molecule has 0 fully saturated rings. The molecule has 0 saturated heterocycles. The Labute approximate surface area is 158 Å². The smallest absolute Gasteiger partial charge is 0.104 e. The number of nitrogens with zero attached hydrogens (tertiary/aromatic N) is 3. The molecule has 0 N–H and O–H groups in total. The van der Waals surface area contributed by atoms with Crippen molar-refractivity contribution >= 4 is 49.3 Å². The van der Waals surface area contributed by atoms with Gasteiger partial charge in [0.25, 0.3) is 0 Å². The molecule has 0 atom stereocenters. The highest BCUT2D eigenvalue weighted by atomic mass is 79.9. The molecule has 5 heteroatoms. The molecular weight excluding hydrogens is 394 g/mol. The molecular formula is C20H14BrN3S. The third kappa shape index (κ3) is 2.72. The monoisotopic (exact) mass is 407 g/mol. The van der Waals surface area contributed by atoms with Gasteiger partial charge in [0.2, 0.25) is 0 Å². The molecule has 0 amide bonds. The Morgan fingerprint density at radius 1 is 1.08 bits per heavy atom. The van der Waals surface area contributed by atoms with E-state index in [0.29, 0.717) is 0 Å². The molecule has 0 aliphatic rings. The van der Waals surface area contributed by atoms with Gasteiger partial charge < -0.3 is 0 Å². The zero-order valence-electron chi connectivity index (χ0n) is 13.7. The molecule has 2 aromatic carbocycles. The normalized spacial score (nSPS) is 11.8. The van der Waals surface area contributed by atoms with Crippen LogP contribution in [0, 0.1) is 11.3 Å². The number of fused-ring (bicyclic) bond motifs is 3.